The van der Waals surface area contributed by atoms with Crippen molar-refractivity contribution in [2.24, 2.45) is 5.92 Å². The van der Waals surface area contributed by atoms with Crippen LogP contribution in [-0.2, 0) is 4.79 Å². The van der Waals surface area contributed by atoms with Crippen molar-refractivity contribution < 1.29 is 9.90 Å². The van der Waals surface area contributed by atoms with E-state index in [9.17, 15) is 9.90 Å². The summed E-state index contributed by atoms with van der Waals surface area (Å²) < 4.78 is 1.01. The molecule has 92 valence electrons. The predicted molar refractivity (Wildman–Crippen MR) is 70.1 cm³/mol. The fourth-order valence-corrected chi connectivity index (χ4v) is 2.89. The highest BCUT2D eigenvalue weighted by molar-refractivity contribution is 9.10. The molecule has 0 saturated carbocycles. The van der Waals surface area contributed by atoms with E-state index in [1.165, 1.54) is 0 Å². The van der Waals surface area contributed by atoms with E-state index in [0.717, 1.165) is 29.5 Å². The Bertz CT molecular complexity index is 408. The van der Waals surface area contributed by atoms with Crippen molar-refractivity contribution in [1.29, 1.82) is 0 Å². The van der Waals surface area contributed by atoms with Gasteiger partial charge in [0.1, 0.15) is 0 Å². The third kappa shape index (κ3) is 3.07. The molecule has 2 unspecified atom stereocenters. The number of hydrogen-bond donors (Lipinski definition) is 2. The Balaban J connectivity index is 2.28. The van der Waals surface area contributed by atoms with Gasteiger partial charge in [-0.1, -0.05) is 28.1 Å². The molecule has 2 rings (SSSR count). The molecule has 1 aromatic carbocycles. The number of carboxylic acid groups (broad SMARTS) is 1. The van der Waals surface area contributed by atoms with Gasteiger partial charge in [0.25, 0.3) is 0 Å². The van der Waals surface area contributed by atoms with Crippen LogP contribution in [0.15, 0.2) is 28.7 Å². The minimum absolute atomic E-state index is 0.111. The fraction of sp³-hybridized carbons (Fsp3) is 0.462. The number of carbonyl (C=O) groups is 1. The molecular formula is C13H16BrNO2. The van der Waals surface area contributed by atoms with Crippen molar-refractivity contribution in [3.05, 3.63) is 34.3 Å². The Kier molecular flexibility index (Phi) is 4.18. The van der Waals surface area contributed by atoms with Gasteiger partial charge < -0.3 is 10.4 Å². The Morgan fingerprint density at radius 1 is 1.35 bits per heavy atom. The predicted octanol–water partition coefficient (Wildman–Crippen LogP) is 2.62. The zero-order valence-electron chi connectivity index (χ0n) is 9.53. The van der Waals surface area contributed by atoms with E-state index < -0.39 is 5.97 Å². The maximum Gasteiger partial charge on any atom is 0.307 e. The second kappa shape index (κ2) is 5.65. The molecule has 1 fully saturated rings. The lowest BCUT2D eigenvalue weighted by atomic mass is 9.82. The van der Waals surface area contributed by atoms with Gasteiger partial charge in [0.05, 0.1) is 5.92 Å². The first-order valence-electron chi connectivity index (χ1n) is 5.87. The third-order valence-corrected chi connectivity index (χ3v) is 3.84. The number of halogens is 1. The molecule has 1 heterocycles. The molecule has 3 nitrogen and oxygen atoms in total. The van der Waals surface area contributed by atoms with Crippen LogP contribution in [0.4, 0.5) is 0 Å². The van der Waals surface area contributed by atoms with Gasteiger partial charge in [-0.25, -0.2) is 0 Å². The molecule has 1 aliphatic heterocycles. The van der Waals surface area contributed by atoms with Gasteiger partial charge >= 0.3 is 5.97 Å². The van der Waals surface area contributed by atoms with Crippen LogP contribution < -0.4 is 5.32 Å². The van der Waals surface area contributed by atoms with E-state index in [2.05, 4.69) is 21.2 Å². The Hall–Kier alpha value is -0.870. The lowest BCUT2D eigenvalue weighted by Gasteiger charge is -2.21. The standard InChI is InChI=1S/C13H16BrNO2/c14-10-3-1-2-9(8-10)11-4-6-15-7-5-12(11)13(16)17/h1-3,8,11-12,15H,4-7H2,(H,16,17). The number of benzene rings is 1. The van der Waals surface area contributed by atoms with Crippen LogP contribution in [0.25, 0.3) is 0 Å². The van der Waals surface area contributed by atoms with Gasteiger partial charge in [0.2, 0.25) is 0 Å². The minimum Gasteiger partial charge on any atom is -0.481 e. The van der Waals surface area contributed by atoms with Crippen molar-refractivity contribution in [2.45, 2.75) is 18.8 Å². The molecule has 0 aromatic heterocycles. The van der Waals surface area contributed by atoms with Gasteiger partial charge in [-0.15, -0.1) is 0 Å². The highest BCUT2D eigenvalue weighted by Gasteiger charge is 2.30. The molecule has 1 saturated heterocycles. The summed E-state index contributed by atoms with van der Waals surface area (Å²) in [7, 11) is 0. The fourth-order valence-electron chi connectivity index (χ4n) is 2.47. The average Bonchev–Trinajstić information content (AvgIpc) is 2.54. The molecule has 0 spiro atoms. The summed E-state index contributed by atoms with van der Waals surface area (Å²) in [6.45, 7) is 1.68. The molecule has 0 aliphatic carbocycles. The van der Waals surface area contributed by atoms with E-state index in [0.29, 0.717) is 6.42 Å². The molecular weight excluding hydrogens is 282 g/mol. The third-order valence-electron chi connectivity index (χ3n) is 3.34. The summed E-state index contributed by atoms with van der Waals surface area (Å²) in [6, 6.07) is 7.99. The highest BCUT2D eigenvalue weighted by Crippen LogP contribution is 2.33. The summed E-state index contributed by atoms with van der Waals surface area (Å²) in [4.78, 5) is 11.3. The van der Waals surface area contributed by atoms with Crippen molar-refractivity contribution in [1.82, 2.24) is 5.32 Å². The van der Waals surface area contributed by atoms with E-state index >= 15 is 0 Å². The van der Waals surface area contributed by atoms with Crippen molar-refractivity contribution >= 4 is 21.9 Å². The molecule has 0 amide bonds. The van der Waals surface area contributed by atoms with Crippen LogP contribution >= 0.6 is 15.9 Å². The number of hydrogen-bond acceptors (Lipinski definition) is 2. The normalized spacial score (nSPS) is 25.2. The second-order valence-electron chi connectivity index (χ2n) is 4.43. The molecule has 0 radical (unpaired) electrons. The lowest BCUT2D eigenvalue weighted by molar-refractivity contribution is -0.142. The van der Waals surface area contributed by atoms with E-state index in [1.54, 1.807) is 0 Å². The van der Waals surface area contributed by atoms with Crippen LogP contribution in [0, 0.1) is 5.92 Å². The molecule has 2 atom stereocenters. The topological polar surface area (TPSA) is 49.3 Å². The molecule has 1 aliphatic rings. The SMILES string of the molecule is O=C(O)C1CCNCCC1c1cccc(Br)c1. The number of rotatable bonds is 2. The lowest BCUT2D eigenvalue weighted by Crippen LogP contribution is -2.22. The van der Waals surface area contributed by atoms with E-state index in [1.807, 2.05) is 24.3 Å². The van der Waals surface area contributed by atoms with Gasteiger partial charge in [0.15, 0.2) is 0 Å². The summed E-state index contributed by atoms with van der Waals surface area (Å²) in [5.41, 5.74) is 1.12. The van der Waals surface area contributed by atoms with Crippen LogP contribution in [0.5, 0.6) is 0 Å². The second-order valence-corrected chi connectivity index (χ2v) is 5.35. The van der Waals surface area contributed by atoms with Gasteiger partial charge in [-0.05, 0) is 49.5 Å². The van der Waals surface area contributed by atoms with Crippen molar-refractivity contribution in [3.63, 3.8) is 0 Å². The van der Waals surface area contributed by atoms with Crippen molar-refractivity contribution in [2.75, 3.05) is 13.1 Å². The van der Waals surface area contributed by atoms with Gasteiger partial charge in [0, 0.05) is 4.47 Å². The summed E-state index contributed by atoms with van der Waals surface area (Å²) in [6.07, 6.45) is 1.58. The quantitative estimate of drug-likeness (QED) is 0.882. The van der Waals surface area contributed by atoms with E-state index in [-0.39, 0.29) is 11.8 Å². The molecule has 17 heavy (non-hydrogen) atoms. The summed E-state index contributed by atoms with van der Waals surface area (Å²) in [5, 5.41) is 12.6. The minimum atomic E-state index is -0.682. The molecule has 2 N–H and O–H groups in total. The maximum absolute atomic E-state index is 11.3. The molecule has 4 heteroatoms. The smallest absolute Gasteiger partial charge is 0.307 e. The van der Waals surface area contributed by atoms with Crippen LogP contribution in [0.1, 0.15) is 24.3 Å². The number of nitrogens with one attached hydrogen (secondary N) is 1. The Morgan fingerprint density at radius 2 is 2.12 bits per heavy atom. The Morgan fingerprint density at radius 3 is 2.82 bits per heavy atom. The van der Waals surface area contributed by atoms with Gasteiger partial charge in [-0.3, -0.25) is 4.79 Å². The van der Waals surface area contributed by atoms with Crippen LogP contribution in [-0.4, -0.2) is 24.2 Å². The number of carboxylic acids is 1. The largest absolute Gasteiger partial charge is 0.481 e. The molecule has 1 aromatic rings. The van der Waals surface area contributed by atoms with Crippen LogP contribution in [0.3, 0.4) is 0 Å². The zero-order chi connectivity index (χ0) is 12.3. The highest BCUT2D eigenvalue weighted by atomic mass is 79.9. The first-order chi connectivity index (χ1) is 8.18. The number of aliphatic carboxylic acids is 1. The maximum atomic E-state index is 11.3. The first-order valence-corrected chi connectivity index (χ1v) is 6.67. The Labute approximate surface area is 109 Å². The zero-order valence-corrected chi connectivity index (χ0v) is 11.1. The van der Waals surface area contributed by atoms with Gasteiger partial charge in [-0.2, -0.15) is 0 Å². The summed E-state index contributed by atoms with van der Waals surface area (Å²) in [5.74, 6) is -0.849. The van der Waals surface area contributed by atoms with Crippen LogP contribution in [0.2, 0.25) is 0 Å². The molecule has 0 bridgehead atoms. The van der Waals surface area contributed by atoms with Crippen molar-refractivity contribution in [3.8, 4) is 0 Å². The summed E-state index contributed by atoms with van der Waals surface area (Å²) >= 11 is 3.44. The first kappa shape index (κ1) is 12.6. The average molecular weight is 298 g/mol. The monoisotopic (exact) mass is 297 g/mol. The van der Waals surface area contributed by atoms with E-state index in [4.69, 9.17) is 0 Å².